The van der Waals surface area contributed by atoms with Gasteiger partial charge < -0.3 is 10.1 Å². The second-order valence-corrected chi connectivity index (χ2v) is 7.25. The second-order valence-electron chi connectivity index (χ2n) is 6.03. The number of rotatable bonds is 3. The Kier molecular flexibility index (Phi) is 4.84. The maximum Gasteiger partial charge on any atom is 0.0991 e. The van der Waals surface area contributed by atoms with Gasteiger partial charge in [0.15, 0.2) is 0 Å². The van der Waals surface area contributed by atoms with Gasteiger partial charge in [-0.15, -0.1) is 0 Å². The number of nitrogens with zero attached hydrogens (tertiary/aromatic N) is 1. The molecule has 0 amide bonds. The Morgan fingerprint density at radius 2 is 2.24 bits per heavy atom. The zero-order chi connectivity index (χ0) is 14.5. The van der Waals surface area contributed by atoms with Crippen LogP contribution >= 0.6 is 11.8 Å². The largest absolute Gasteiger partial charge is 0.375 e. The summed E-state index contributed by atoms with van der Waals surface area (Å²) < 4.78 is 6.13. The fourth-order valence-corrected chi connectivity index (χ4v) is 4.54. The van der Waals surface area contributed by atoms with Crippen LogP contribution in [0.3, 0.4) is 0 Å². The summed E-state index contributed by atoms with van der Waals surface area (Å²) in [5.74, 6) is 2.47. The number of ether oxygens (including phenoxy) is 1. The predicted octanol–water partition coefficient (Wildman–Crippen LogP) is 3.09. The maximum absolute atomic E-state index is 8.96. The van der Waals surface area contributed by atoms with E-state index in [9.17, 15) is 0 Å². The van der Waals surface area contributed by atoms with Crippen LogP contribution in [-0.4, -0.2) is 29.8 Å². The minimum atomic E-state index is 0.135. The van der Waals surface area contributed by atoms with Crippen LogP contribution in [0, 0.1) is 11.3 Å². The average Bonchev–Trinajstić information content (AvgIpc) is 2.54. The van der Waals surface area contributed by atoms with Crippen LogP contribution in [0.1, 0.15) is 36.8 Å². The van der Waals surface area contributed by atoms with Gasteiger partial charge in [-0.1, -0.05) is 12.1 Å². The topological polar surface area (TPSA) is 45.0 Å². The van der Waals surface area contributed by atoms with Gasteiger partial charge in [-0.3, -0.25) is 0 Å². The molecule has 0 bridgehead atoms. The molecule has 2 aliphatic heterocycles. The molecular formula is C17H22N2OS. The number of nitrogens with one attached hydrogen (secondary N) is 1. The molecule has 1 aromatic rings. The van der Waals surface area contributed by atoms with E-state index in [0.29, 0.717) is 6.04 Å². The maximum atomic E-state index is 8.96. The van der Waals surface area contributed by atoms with Gasteiger partial charge in [0.05, 0.1) is 17.2 Å². The molecule has 1 aromatic carbocycles. The van der Waals surface area contributed by atoms with Gasteiger partial charge in [0.1, 0.15) is 0 Å². The number of nitriles is 1. The van der Waals surface area contributed by atoms with Crippen molar-refractivity contribution in [3.8, 4) is 6.07 Å². The first-order chi connectivity index (χ1) is 10.3. The number of thioether (sulfide) groups is 1. The summed E-state index contributed by atoms with van der Waals surface area (Å²) in [6, 6.07) is 10.6. The standard InChI is InChI=1S/C17H22N2OS/c18-12-14-2-1-3-15(10-14)13-19-16-4-7-20-17(11-16)5-8-21-9-6-17/h1-3,10,16,19H,4-9,11,13H2. The van der Waals surface area contributed by atoms with E-state index in [1.807, 2.05) is 30.0 Å². The van der Waals surface area contributed by atoms with Crippen LogP contribution in [0.4, 0.5) is 0 Å². The van der Waals surface area contributed by atoms with Gasteiger partial charge in [-0.25, -0.2) is 0 Å². The zero-order valence-electron chi connectivity index (χ0n) is 12.3. The smallest absolute Gasteiger partial charge is 0.0991 e. The Balaban J connectivity index is 1.56. The molecule has 2 saturated heterocycles. The summed E-state index contributed by atoms with van der Waals surface area (Å²) in [5.41, 5.74) is 2.06. The number of hydrogen-bond acceptors (Lipinski definition) is 4. The van der Waals surface area contributed by atoms with Crippen LogP contribution in [0.15, 0.2) is 24.3 Å². The summed E-state index contributed by atoms with van der Waals surface area (Å²) in [6.07, 6.45) is 4.61. The molecule has 1 unspecified atom stereocenters. The first kappa shape index (κ1) is 14.9. The first-order valence-corrected chi connectivity index (χ1v) is 8.89. The second kappa shape index (κ2) is 6.83. The van der Waals surface area contributed by atoms with Crippen molar-refractivity contribution >= 4 is 11.8 Å². The molecule has 4 heteroatoms. The molecule has 0 saturated carbocycles. The minimum Gasteiger partial charge on any atom is -0.375 e. The van der Waals surface area contributed by atoms with Crippen molar-refractivity contribution in [3.05, 3.63) is 35.4 Å². The van der Waals surface area contributed by atoms with Crippen LogP contribution in [0.5, 0.6) is 0 Å². The van der Waals surface area contributed by atoms with E-state index in [4.69, 9.17) is 10.00 Å². The summed E-state index contributed by atoms with van der Waals surface area (Å²) in [6.45, 7) is 1.71. The molecule has 1 spiro atoms. The normalized spacial score (nSPS) is 24.6. The van der Waals surface area contributed by atoms with Crippen molar-refractivity contribution in [2.75, 3.05) is 18.1 Å². The van der Waals surface area contributed by atoms with Crippen LogP contribution in [0.25, 0.3) is 0 Å². The van der Waals surface area contributed by atoms with Gasteiger partial charge in [-0.05, 0) is 54.9 Å². The number of benzene rings is 1. The minimum absolute atomic E-state index is 0.135. The van der Waals surface area contributed by atoms with Crippen molar-refractivity contribution in [2.45, 2.75) is 43.9 Å². The van der Waals surface area contributed by atoms with Gasteiger partial charge in [-0.2, -0.15) is 17.0 Å². The molecule has 3 rings (SSSR count). The predicted molar refractivity (Wildman–Crippen MR) is 86.3 cm³/mol. The molecule has 1 N–H and O–H groups in total. The van der Waals surface area contributed by atoms with Crippen molar-refractivity contribution < 1.29 is 4.74 Å². The Bertz CT molecular complexity index is 514. The molecule has 112 valence electrons. The van der Waals surface area contributed by atoms with E-state index in [2.05, 4.69) is 17.5 Å². The van der Waals surface area contributed by atoms with E-state index in [-0.39, 0.29) is 5.60 Å². The summed E-state index contributed by atoms with van der Waals surface area (Å²) in [4.78, 5) is 0. The first-order valence-electron chi connectivity index (χ1n) is 7.74. The highest BCUT2D eigenvalue weighted by Crippen LogP contribution is 2.37. The Labute approximate surface area is 131 Å². The van der Waals surface area contributed by atoms with Crippen LogP contribution in [-0.2, 0) is 11.3 Å². The molecule has 0 aliphatic carbocycles. The zero-order valence-corrected chi connectivity index (χ0v) is 13.1. The fourth-order valence-electron chi connectivity index (χ4n) is 3.31. The lowest BCUT2D eigenvalue weighted by atomic mass is 9.85. The van der Waals surface area contributed by atoms with Crippen molar-refractivity contribution in [1.29, 1.82) is 5.26 Å². The lowest BCUT2D eigenvalue weighted by Crippen LogP contribution is -2.48. The van der Waals surface area contributed by atoms with Crippen LogP contribution in [0.2, 0.25) is 0 Å². The third kappa shape index (κ3) is 3.79. The molecule has 2 heterocycles. The molecule has 2 fully saturated rings. The van der Waals surface area contributed by atoms with E-state index < -0.39 is 0 Å². The molecular weight excluding hydrogens is 280 g/mol. The van der Waals surface area contributed by atoms with Crippen molar-refractivity contribution in [3.63, 3.8) is 0 Å². The van der Waals surface area contributed by atoms with Gasteiger partial charge in [0.2, 0.25) is 0 Å². The molecule has 2 aliphatic rings. The monoisotopic (exact) mass is 302 g/mol. The Morgan fingerprint density at radius 3 is 3.05 bits per heavy atom. The highest BCUT2D eigenvalue weighted by Gasteiger charge is 2.38. The average molecular weight is 302 g/mol. The summed E-state index contributed by atoms with van der Waals surface area (Å²) in [5, 5.41) is 12.6. The molecule has 0 radical (unpaired) electrons. The lowest BCUT2D eigenvalue weighted by molar-refractivity contribution is -0.0933. The molecule has 0 aromatic heterocycles. The molecule has 1 atom stereocenters. The van der Waals surface area contributed by atoms with E-state index in [1.54, 1.807) is 0 Å². The molecule has 3 nitrogen and oxygen atoms in total. The highest BCUT2D eigenvalue weighted by atomic mass is 32.2. The SMILES string of the molecule is N#Cc1cccc(CNC2CCOC3(CCSCC3)C2)c1. The van der Waals surface area contributed by atoms with E-state index in [1.165, 1.54) is 29.9 Å². The Morgan fingerprint density at radius 1 is 1.38 bits per heavy atom. The van der Waals surface area contributed by atoms with Gasteiger partial charge >= 0.3 is 0 Å². The quantitative estimate of drug-likeness (QED) is 0.932. The van der Waals surface area contributed by atoms with E-state index in [0.717, 1.165) is 31.6 Å². The van der Waals surface area contributed by atoms with Crippen molar-refractivity contribution in [1.82, 2.24) is 5.32 Å². The fraction of sp³-hybridized carbons (Fsp3) is 0.588. The third-order valence-electron chi connectivity index (χ3n) is 4.55. The lowest BCUT2D eigenvalue weighted by Gasteiger charge is -2.43. The Hall–Kier alpha value is -1.02. The van der Waals surface area contributed by atoms with Gasteiger partial charge in [0.25, 0.3) is 0 Å². The van der Waals surface area contributed by atoms with Crippen molar-refractivity contribution in [2.24, 2.45) is 0 Å². The van der Waals surface area contributed by atoms with E-state index >= 15 is 0 Å². The molecule has 21 heavy (non-hydrogen) atoms. The summed E-state index contributed by atoms with van der Waals surface area (Å²) >= 11 is 2.05. The number of hydrogen-bond donors (Lipinski definition) is 1. The third-order valence-corrected chi connectivity index (χ3v) is 5.53. The highest BCUT2D eigenvalue weighted by molar-refractivity contribution is 7.99. The van der Waals surface area contributed by atoms with Crippen LogP contribution < -0.4 is 5.32 Å². The van der Waals surface area contributed by atoms with Gasteiger partial charge in [0, 0.05) is 19.2 Å². The summed E-state index contributed by atoms with van der Waals surface area (Å²) in [7, 11) is 0.